The molecule has 3 rings (SSSR count). The van der Waals surface area contributed by atoms with Crippen molar-refractivity contribution < 1.29 is 19.4 Å². The number of nitriles is 1. The molecule has 0 aromatic carbocycles. The molecule has 8 heteroatoms. The number of fused-ring (bicyclic) bond motifs is 2. The fourth-order valence-electron chi connectivity index (χ4n) is 3.83. The first-order valence-electron chi connectivity index (χ1n) is 7.39. The van der Waals surface area contributed by atoms with Gasteiger partial charge in [-0.2, -0.15) is 5.26 Å². The van der Waals surface area contributed by atoms with Crippen LogP contribution in [0.5, 0.6) is 0 Å². The van der Waals surface area contributed by atoms with Crippen LogP contribution in [0, 0.1) is 17.2 Å². The van der Waals surface area contributed by atoms with E-state index < -0.39 is 5.97 Å². The van der Waals surface area contributed by atoms with Gasteiger partial charge in [-0.15, -0.1) is 12.4 Å². The smallest absolute Gasteiger partial charge is 0.329 e. The lowest BCUT2D eigenvalue weighted by Crippen LogP contribution is -2.54. The Kier molecular flexibility index (Phi) is 5.27. The number of halogens is 1. The molecular formula is C14H20ClN3O4. The molecule has 2 bridgehead atoms. The first-order valence-corrected chi connectivity index (χ1v) is 7.39. The number of carbonyl (C=O) groups is 2. The summed E-state index contributed by atoms with van der Waals surface area (Å²) >= 11 is 0. The summed E-state index contributed by atoms with van der Waals surface area (Å²) in [7, 11) is 0. The van der Waals surface area contributed by atoms with E-state index in [0.717, 1.165) is 19.3 Å². The number of piperidine rings is 1. The summed E-state index contributed by atoms with van der Waals surface area (Å²) in [5.74, 6) is -0.774. The monoisotopic (exact) mass is 329 g/mol. The molecule has 22 heavy (non-hydrogen) atoms. The summed E-state index contributed by atoms with van der Waals surface area (Å²) in [6.07, 6.45) is 3.07. The van der Waals surface area contributed by atoms with Gasteiger partial charge in [0, 0.05) is 12.6 Å². The SMILES string of the molecule is Cl.N#C[C@@H]1CCCN1C(=O)[C@H]1N[C@@H]2C[C@H]1C[C@H]2OCC(=O)O. The number of carbonyl (C=O) groups excluding carboxylic acids is 1. The fourth-order valence-corrected chi connectivity index (χ4v) is 3.83. The van der Waals surface area contributed by atoms with E-state index >= 15 is 0 Å². The van der Waals surface area contributed by atoms with Gasteiger partial charge in [-0.3, -0.25) is 4.79 Å². The van der Waals surface area contributed by atoms with Crippen LogP contribution in [0.25, 0.3) is 0 Å². The van der Waals surface area contributed by atoms with Crippen molar-refractivity contribution in [2.45, 2.75) is 49.9 Å². The minimum absolute atomic E-state index is 0. The molecule has 0 aromatic rings. The highest BCUT2D eigenvalue weighted by atomic mass is 35.5. The first kappa shape index (κ1) is 17.0. The summed E-state index contributed by atoms with van der Waals surface area (Å²) in [6.45, 7) is 0.363. The number of amides is 1. The van der Waals surface area contributed by atoms with Crippen molar-refractivity contribution in [3.63, 3.8) is 0 Å². The van der Waals surface area contributed by atoms with Crippen molar-refractivity contribution in [1.82, 2.24) is 10.2 Å². The molecule has 1 aliphatic carbocycles. The highest BCUT2D eigenvalue weighted by Gasteiger charge is 2.50. The van der Waals surface area contributed by atoms with E-state index in [0.29, 0.717) is 13.0 Å². The molecule has 0 aromatic heterocycles. The molecule has 3 fully saturated rings. The van der Waals surface area contributed by atoms with Crippen molar-refractivity contribution >= 4 is 24.3 Å². The molecule has 2 aliphatic heterocycles. The number of hydrogen-bond acceptors (Lipinski definition) is 5. The molecule has 5 atom stereocenters. The van der Waals surface area contributed by atoms with Crippen molar-refractivity contribution in [2.75, 3.05) is 13.2 Å². The van der Waals surface area contributed by atoms with Crippen molar-refractivity contribution in [1.29, 1.82) is 5.26 Å². The largest absolute Gasteiger partial charge is 0.480 e. The Hall–Kier alpha value is -1.36. The Labute approximate surface area is 135 Å². The molecule has 1 amide bonds. The summed E-state index contributed by atoms with van der Waals surface area (Å²) in [4.78, 5) is 24.8. The van der Waals surface area contributed by atoms with Gasteiger partial charge >= 0.3 is 5.97 Å². The Bertz CT molecular complexity index is 495. The second-order valence-corrected chi connectivity index (χ2v) is 6.04. The number of likely N-dealkylation sites (tertiary alicyclic amines) is 1. The van der Waals surface area contributed by atoms with Gasteiger partial charge in [0.25, 0.3) is 0 Å². The zero-order chi connectivity index (χ0) is 15.0. The van der Waals surface area contributed by atoms with Gasteiger partial charge in [-0.1, -0.05) is 0 Å². The molecule has 122 valence electrons. The Morgan fingerprint density at radius 2 is 2.18 bits per heavy atom. The number of nitrogens with zero attached hydrogens (tertiary/aromatic N) is 2. The third kappa shape index (κ3) is 3.05. The van der Waals surface area contributed by atoms with Gasteiger partial charge in [0.1, 0.15) is 12.6 Å². The van der Waals surface area contributed by atoms with Crippen LogP contribution in [-0.2, 0) is 14.3 Å². The van der Waals surface area contributed by atoms with Crippen molar-refractivity contribution in [3.05, 3.63) is 0 Å². The normalized spacial score (nSPS) is 36.0. The molecule has 0 unspecified atom stereocenters. The molecule has 3 aliphatic rings. The summed E-state index contributed by atoms with van der Waals surface area (Å²) < 4.78 is 5.35. The molecular weight excluding hydrogens is 310 g/mol. The average Bonchev–Trinajstić information content (AvgIpc) is 3.17. The van der Waals surface area contributed by atoms with Gasteiger partial charge in [0.15, 0.2) is 0 Å². The van der Waals surface area contributed by atoms with Crippen molar-refractivity contribution in [3.8, 4) is 6.07 Å². The number of carboxylic acids is 1. The lowest BCUT2D eigenvalue weighted by Gasteiger charge is -2.31. The van der Waals surface area contributed by atoms with Crippen LogP contribution in [0.2, 0.25) is 0 Å². The molecule has 2 N–H and O–H groups in total. The van der Waals surface area contributed by atoms with Crippen LogP contribution in [0.3, 0.4) is 0 Å². The van der Waals surface area contributed by atoms with E-state index in [1.165, 1.54) is 0 Å². The standard InChI is InChI=1S/C14H19N3O4.ClH/c15-6-9-2-1-3-17(9)14(20)13-8-4-10(16-13)11(5-8)21-7-12(18)19;/h8-11,13,16H,1-5,7H2,(H,18,19);1H/t8-,9-,10+,11+,13-;/m0./s1. The highest BCUT2D eigenvalue weighted by Crippen LogP contribution is 2.38. The zero-order valence-corrected chi connectivity index (χ0v) is 12.9. The lowest BCUT2D eigenvalue weighted by molar-refractivity contribution is -0.146. The maximum atomic E-state index is 12.6. The van der Waals surface area contributed by atoms with Crippen LogP contribution in [0.15, 0.2) is 0 Å². The molecule has 0 spiro atoms. The fraction of sp³-hybridized carbons (Fsp3) is 0.786. The van der Waals surface area contributed by atoms with Crippen molar-refractivity contribution in [2.24, 2.45) is 5.92 Å². The summed E-state index contributed by atoms with van der Waals surface area (Å²) in [6, 6.07) is 1.70. The maximum Gasteiger partial charge on any atom is 0.329 e. The first-order chi connectivity index (χ1) is 10.1. The maximum absolute atomic E-state index is 12.6. The van der Waals surface area contributed by atoms with Crippen LogP contribution >= 0.6 is 12.4 Å². The topological polar surface area (TPSA) is 103 Å². The van der Waals surface area contributed by atoms with E-state index in [9.17, 15) is 9.59 Å². The highest BCUT2D eigenvalue weighted by molar-refractivity contribution is 5.85. The zero-order valence-electron chi connectivity index (χ0n) is 12.1. The van der Waals surface area contributed by atoms with Gasteiger partial charge in [-0.25, -0.2) is 4.79 Å². The predicted molar refractivity (Wildman–Crippen MR) is 78.4 cm³/mol. The Morgan fingerprint density at radius 1 is 1.41 bits per heavy atom. The molecule has 2 heterocycles. The lowest BCUT2D eigenvalue weighted by atomic mass is 9.97. The minimum atomic E-state index is -0.973. The number of ether oxygens (including phenoxy) is 1. The Morgan fingerprint density at radius 3 is 2.77 bits per heavy atom. The van der Waals surface area contributed by atoms with E-state index in [1.807, 2.05) is 0 Å². The quantitative estimate of drug-likeness (QED) is 0.760. The molecule has 2 saturated heterocycles. The average molecular weight is 330 g/mol. The number of carboxylic acid groups (broad SMARTS) is 1. The summed E-state index contributed by atoms with van der Waals surface area (Å²) in [5.41, 5.74) is 0. The molecule has 7 nitrogen and oxygen atoms in total. The van der Waals surface area contributed by atoms with Crippen LogP contribution in [0.4, 0.5) is 0 Å². The van der Waals surface area contributed by atoms with Gasteiger partial charge in [0.2, 0.25) is 5.91 Å². The second kappa shape index (κ2) is 6.82. The van der Waals surface area contributed by atoms with Crippen LogP contribution < -0.4 is 5.32 Å². The third-order valence-electron chi connectivity index (χ3n) is 4.78. The third-order valence-corrected chi connectivity index (χ3v) is 4.78. The number of aliphatic carboxylic acids is 1. The van der Waals surface area contributed by atoms with Gasteiger partial charge in [-0.05, 0) is 31.6 Å². The minimum Gasteiger partial charge on any atom is -0.480 e. The van der Waals surface area contributed by atoms with E-state index in [2.05, 4.69) is 11.4 Å². The van der Waals surface area contributed by atoms with Crippen LogP contribution in [-0.4, -0.2) is 59.3 Å². The molecule has 1 saturated carbocycles. The molecule has 0 radical (unpaired) electrons. The van der Waals surface area contributed by atoms with Crippen LogP contribution in [0.1, 0.15) is 25.7 Å². The predicted octanol–water partition coefficient (Wildman–Crippen LogP) is 0.143. The van der Waals surface area contributed by atoms with E-state index in [4.69, 9.17) is 15.1 Å². The summed E-state index contributed by atoms with van der Waals surface area (Å²) in [5, 5.41) is 21.0. The van der Waals surface area contributed by atoms with Gasteiger partial charge < -0.3 is 20.1 Å². The Balaban J connectivity index is 0.00000176. The van der Waals surface area contributed by atoms with E-state index in [1.54, 1.807) is 4.90 Å². The van der Waals surface area contributed by atoms with E-state index in [-0.39, 0.29) is 55.1 Å². The second-order valence-electron chi connectivity index (χ2n) is 6.04. The number of rotatable bonds is 4. The number of nitrogens with one attached hydrogen (secondary N) is 1. The number of hydrogen-bond donors (Lipinski definition) is 2. The van der Waals surface area contributed by atoms with Gasteiger partial charge in [0.05, 0.1) is 18.2 Å².